The van der Waals surface area contributed by atoms with E-state index < -0.39 is 17.7 Å². The topological polar surface area (TPSA) is 56.5 Å². The minimum absolute atomic E-state index is 0.0204. The van der Waals surface area contributed by atoms with Gasteiger partial charge in [-0.25, -0.2) is 4.79 Å². The Morgan fingerprint density at radius 3 is 2.45 bits per heavy atom. The van der Waals surface area contributed by atoms with Crippen LogP contribution in [0.2, 0.25) is 0 Å². The predicted molar refractivity (Wildman–Crippen MR) is 70.6 cm³/mol. The molecule has 0 radical (unpaired) electrons. The van der Waals surface area contributed by atoms with Gasteiger partial charge < -0.3 is 9.15 Å². The molecule has 0 fully saturated rings. The lowest BCUT2D eigenvalue weighted by Crippen LogP contribution is -2.11. The van der Waals surface area contributed by atoms with Crippen LogP contribution in [0.1, 0.15) is 32.0 Å². The van der Waals surface area contributed by atoms with E-state index >= 15 is 0 Å². The molecule has 2 rings (SSSR count). The molecule has 116 valence electrons. The highest BCUT2D eigenvalue weighted by atomic mass is 19.4. The zero-order valence-electron chi connectivity index (χ0n) is 11.7. The van der Waals surface area contributed by atoms with Crippen LogP contribution in [0.25, 0.3) is 11.3 Å². The van der Waals surface area contributed by atoms with Crippen molar-refractivity contribution in [3.8, 4) is 11.3 Å². The molecule has 1 aromatic heterocycles. The van der Waals surface area contributed by atoms with Gasteiger partial charge in [-0.05, 0) is 36.8 Å². The molecule has 4 nitrogen and oxygen atoms in total. The maximum atomic E-state index is 13.0. The molecule has 0 unspecified atom stereocenters. The number of methoxy groups -OCH3 is 1. The number of carbonyl (C=O) groups is 2. The summed E-state index contributed by atoms with van der Waals surface area (Å²) < 4.78 is 48.8. The maximum absolute atomic E-state index is 13.0. The van der Waals surface area contributed by atoms with Crippen molar-refractivity contribution in [2.75, 3.05) is 7.11 Å². The second-order valence-electron chi connectivity index (χ2n) is 4.52. The SMILES string of the molecule is COC(=O)c1cc(C)c(C(F)(F)F)cc1-c1ccc(C=O)o1. The molecule has 0 N–H and O–H groups in total. The van der Waals surface area contributed by atoms with Gasteiger partial charge in [0, 0.05) is 5.56 Å². The van der Waals surface area contributed by atoms with Crippen molar-refractivity contribution >= 4 is 12.3 Å². The fourth-order valence-electron chi connectivity index (χ4n) is 2.06. The third-order valence-electron chi connectivity index (χ3n) is 3.08. The van der Waals surface area contributed by atoms with Gasteiger partial charge in [0.2, 0.25) is 0 Å². The smallest absolute Gasteiger partial charge is 0.416 e. The number of hydrogen-bond acceptors (Lipinski definition) is 4. The van der Waals surface area contributed by atoms with E-state index in [4.69, 9.17) is 4.42 Å². The summed E-state index contributed by atoms with van der Waals surface area (Å²) in [7, 11) is 1.12. The van der Waals surface area contributed by atoms with Gasteiger partial charge in [-0.1, -0.05) is 0 Å². The maximum Gasteiger partial charge on any atom is 0.416 e. The number of hydrogen-bond donors (Lipinski definition) is 0. The van der Waals surface area contributed by atoms with Gasteiger partial charge in [0.15, 0.2) is 12.0 Å². The Morgan fingerprint density at radius 1 is 1.27 bits per heavy atom. The van der Waals surface area contributed by atoms with Crippen molar-refractivity contribution in [2.45, 2.75) is 13.1 Å². The molecule has 1 heterocycles. The van der Waals surface area contributed by atoms with Crippen LogP contribution in [0.15, 0.2) is 28.7 Å². The van der Waals surface area contributed by atoms with Crippen molar-refractivity contribution in [2.24, 2.45) is 0 Å². The number of furan rings is 1. The quantitative estimate of drug-likeness (QED) is 0.637. The van der Waals surface area contributed by atoms with E-state index in [1.165, 1.54) is 19.1 Å². The van der Waals surface area contributed by atoms with E-state index in [1.807, 2.05) is 0 Å². The van der Waals surface area contributed by atoms with Crippen molar-refractivity contribution in [1.82, 2.24) is 0 Å². The van der Waals surface area contributed by atoms with Gasteiger partial charge in [-0.15, -0.1) is 0 Å². The number of ether oxygens (including phenoxy) is 1. The van der Waals surface area contributed by atoms with Crippen molar-refractivity contribution in [3.63, 3.8) is 0 Å². The first kappa shape index (κ1) is 15.8. The average molecular weight is 312 g/mol. The molecule has 1 aromatic carbocycles. The average Bonchev–Trinajstić information content (AvgIpc) is 2.93. The summed E-state index contributed by atoms with van der Waals surface area (Å²) in [6.07, 6.45) is -4.16. The van der Waals surface area contributed by atoms with Crippen LogP contribution in [0.4, 0.5) is 13.2 Å². The standard InChI is InChI=1S/C15H11F3O4/c1-8-5-11(14(20)21-2)10(6-12(8)15(16,17)18)13-4-3-9(7-19)22-13/h3-7H,1-2H3. The summed E-state index contributed by atoms with van der Waals surface area (Å²) in [5.41, 5.74) is -1.16. The Bertz CT molecular complexity index is 729. The molecule has 7 heteroatoms. The monoisotopic (exact) mass is 312 g/mol. The van der Waals surface area contributed by atoms with E-state index in [0.717, 1.165) is 19.2 Å². The normalized spacial score (nSPS) is 11.3. The number of benzene rings is 1. The Balaban J connectivity index is 2.72. The van der Waals surface area contributed by atoms with E-state index in [-0.39, 0.29) is 28.2 Å². The van der Waals surface area contributed by atoms with Gasteiger partial charge in [-0.3, -0.25) is 4.79 Å². The first-order valence-corrected chi connectivity index (χ1v) is 6.13. The second kappa shape index (κ2) is 5.67. The van der Waals surface area contributed by atoms with Crippen LogP contribution in [0.5, 0.6) is 0 Å². The number of alkyl halides is 3. The minimum atomic E-state index is -4.58. The van der Waals surface area contributed by atoms with Crippen LogP contribution in [0, 0.1) is 6.92 Å². The van der Waals surface area contributed by atoms with E-state index in [2.05, 4.69) is 4.74 Å². The summed E-state index contributed by atoms with van der Waals surface area (Å²) >= 11 is 0. The summed E-state index contributed by atoms with van der Waals surface area (Å²) in [6.45, 7) is 1.25. The molecule has 2 aromatic rings. The van der Waals surface area contributed by atoms with Gasteiger partial charge in [0.05, 0.1) is 18.2 Å². The molecule has 0 aliphatic heterocycles. The molecule has 0 bridgehead atoms. The predicted octanol–water partition coefficient (Wildman–Crippen LogP) is 3.87. The summed E-state index contributed by atoms with van der Waals surface area (Å²) in [5.74, 6) is -0.871. The molecule has 0 atom stereocenters. The largest absolute Gasteiger partial charge is 0.465 e. The number of rotatable bonds is 3. The third-order valence-corrected chi connectivity index (χ3v) is 3.08. The summed E-state index contributed by atoms with van der Waals surface area (Å²) in [4.78, 5) is 22.4. The third kappa shape index (κ3) is 2.88. The highest BCUT2D eigenvalue weighted by Gasteiger charge is 2.34. The van der Waals surface area contributed by atoms with Crippen LogP contribution in [-0.2, 0) is 10.9 Å². The molecular formula is C15H11F3O4. The van der Waals surface area contributed by atoms with Gasteiger partial charge in [0.1, 0.15) is 5.76 Å². The second-order valence-corrected chi connectivity index (χ2v) is 4.52. The van der Waals surface area contributed by atoms with Crippen molar-refractivity contribution in [3.05, 3.63) is 46.7 Å². The first-order valence-electron chi connectivity index (χ1n) is 6.13. The molecule has 0 amide bonds. The van der Waals surface area contributed by atoms with Crippen molar-refractivity contribution in [1.29, 1.82) is 0 Å². The molecule has 0 aliphatic carbocycles. The minimum Gasteiger partial charge on any atom is -0.465 e. The van der Waals surface area contributed by atoms with Gasteiger partial charge >= 0.3 is 12.1 Å². The number of aldehydes is 1. The number of esters is 1. The Kier molecular flexibility index (Phi) is 4.07. The molecule has 0 spiro atoms. The van der Waals surface area contributed by atoms with Gasteiger partial charge in [-0.2, -0.15) is 13.2 Å². The first-order chi connectivity index (χ1) is 10.3. The van der Waals surface area contributed by atoms with Crippen molar-refractivity contribution < 1.29 is 31.9 Å². The van der Waals surface area contributed by atoms with Crippen LogP contribution < -0.4 is 0 Å². The Morgan fingerprint density at radius 2 is 1.95 bits per heavy atom. The van der Waals surface area contributed by atoms with Gasteiger partial charge in [0.25, 0.3) is 0 Å². The lowest BCUT2D eigenvalue weighted by atomic mass is 9.97. The number of carbonyl (C=O) groups excluding carboxylic acids is 2. The van der Waals surface area contributed by atoms with E-state index in [9.17, 15) is 22.8 Å². The molecular weight excluding hydrogens is 301 g/mol. The molecule has 22 heavy (non-hydrogen) atoms. The van der Waals surface area contributed by atoms with Crippen LogP contribution in [-0.4, -0.2) is 19.4 Å². The number of aryl methyl sites for hydroxylation is 1. The molecule has 0 saturated carbocycles. The summed E-state index contributed by atoms with van der Waals surface area (Å²) in [5, 5.41) is 0. The fourth-order valence-corrected chi connectivity index (χ4v) is 2.06. The number of halogens is 3. The Labute approximate surface area is 123 Å². The highest BCUT2D eigenvalue weighted by Crippen LogP contribution is 2.37. The van der Waals surface area contributed by atoms with Crippen LogP contribution >= 0.6 is 0 Å². The summed E-state index contributed by atoms with van der Waals surface area (Å²) in [6, 6.07) is 4.53. The lowest BCUT2D eigenvalue weighted by Gasteiger charge is -2.14. The Hall–Kier alpha value is -2.57. The van der Waals surface area contributed by atoms with Crippen LogP contribution in [0.3, 0.4) is 0 Å². The molecule has 0 aliphatic rings. The highest BCUT2D eigenvalue weighted by molar-refractivity contribution is 5.97. The zero-order valence-corrected chi connectivity index (χ0v) is 11.7. The van der Waals surface area contributed by atoms with E-state index in [0.29, 0.717) is 6.29 Å². The van der Waals surface area contributed by atoms with E-state index in [1.54, 1.807) is 0 Å². The fraction of sp³-hybridized carbons (Fsp3) is 0.200. The molecule has 0 saturated heterocycles. The lowest BCUT2D eigenvalue weighted by molar-refractivity contribution is -0.138. The zero-order chi connectivity index (χ0) is 16.5.